The standard InChI is InChI=1S/C13H7Cl3FN3/c14-6-1-2-10-11(3-6)20(13(18)19-10)7-4-8(15)12(17)9(16)5-7/h1-5H,(H2,18,19). The number of nitrogens with zero attached hydrogens (tertiary/aromatic N) is 2. The number of hydrogen-bond acceptors (Lipinski definition) is 2. The number of halogens is 4. The Morgan fingerprint density at radius 1 is 1.05 bits per heavy atom. The van der Waals surface area contributed by atoms with Crippen LogP contribution in [-0.4, -0.2) is 9.55 Å². The molecule has 3 rings (SSSR count). The molecule has 102 valence electrons. The van der Waals surface area contributed by atoms with Gasteiger partial charge >= 0.3 is 0 Å². The van der Waals surface area contributed by atoms with Crippen molar-refractivity contribution in [1.29, 1.82) is 0 Å². The van der Waals surface area contributed by atoms with E-state index in [4.69, 9.17) is 40.5 Å². The molecule has 0 amide bonds. The summed E-state index contributed by atoms with van der Waals surface area (Å²) in [6, 6.07) is 8.04. The summed E-state index contributed by atoms with van der Waals surface area (Å²) in [5, 5.41) is 0.365. The zero-order chi connectivity index (χ0) is 14.4. The number of hydrogen-bond donors (Lipinski definition) is 1. The number of aromatic nitrogens is 2. The van der Waals surface area contributed by atoms with Gasteiger partial charge in [-0.15, -0.1) is 0 Å². The molecule has 1 aromatic heterocycles. The predicted octanol–water partition coefficient (Wildman–Crippen LogP) is 4.71. The topological polar surface area (TPSA) is 43.8 Å². The number of nitrogen functional groups attached to an aromatic ring is 1. The highest BCUT2D eigenvalue weighted by Gasteiger charge is 2.14. The van der Waals surface area contributed by atoms with Crippen molar-refractivity contribution in [2.75, 3.05) is 5.73 Å². The number of fused-ring (bicyclic) bond motifs is 1. The van der Waals surface area contributed by atoms with Crippen LogP contribution >= 0.6 is 34.8 Å². The Kier molecular flexibility index (Phi) is 3.24. The maximum atomic E-state index is 13.5. The molecule has 0 saturated carbocycles. The zero-order valence-electron chi connectivity index (χ0n) is 9.87. The molecule has 2 N–H and O–H groups in total. The summed E-state index contributed by atoms with van der Waals surface area (Å²) in [7, 11) is 0. The van der Waals surface area contributed by atoms with Gasteiger partial charge in [-0.25, -0.2) is 9.37 Å². The largest absolute Gasteiger partial charge is 0.369 e. The minimum Gasteiger partial charge on any atom is -0.369 e. The van der Waals surface area contributed by atoms with Gasteiger partial charge in [-0.3, -0.25) is 4.57 Å². The van der Waals surface area contributed by atoms with Crippen molar-refractivity contribution in [2.24, 2.45) is 0 Å². The lowest BCUT2D eigenvalue weighted by Crippen LogP contribution is -2.01. The van der Waals surface area contributed by atoms with E-state index in [0.29, 0.717) is 21.7 Å². The van der Waals surface area contributed by atoms with Gasteiger partial charge in [0.15, 0.2) is 5.82 Å². The van der Waals surface area contributed by atoms with Gasteiger partial charge in [-0.05, 0) is 30.3 Å². The van der Waals surface area contributed by atoms with E-state index in [0.717, 1.165) is 0 Å². The van der Waals surface area contributed by atoms with Gasteiger partial charge in [0, 0.05) is 5.02 Å². The van der Waals surface area contributed by atoms with Crippen LogP contribution in [0.2, 0.25) is 15.1 Å². The van der Waals surface area contributed by atoms with E-state index in [1.165, 1.54) is 12.1 Å². The fraction of sp³-hybridized carbons (Fsp3) is 0. The third-order valence-electron chi connectivity index (χ3n) is 2.87. The maximum Gasteiger partial charge on any atom is 0.205 e. The van der Waals surface area contributed by atoms with Crippen LogP contribution < -0.4 is 5.73 Å². The second-order valence-corrected chi connectivity index (χ2v) is 5.41. The molecule has 0 radical (unpaired) electrons. The number of imidazole rings is 1. The number of rotatable bonds is 1. The molecule has 0 bridgehead atoms. The number of anilines is 1. The molecule has 1 heterocycles. The van der Waals surface area contributed by atoms with E-state index < -0.39 is 5.82 Å². The van der Waals surface area contributed by atoms with Crippen LogP contribution in [0.4, 0.5) is 10.3 Å². The van der Waals surface area contributed by atoms with Crippen LogP contribution in [0.15, 0.2) is 30.3 Å². The predicted molar refractivity (Wildman–Crippen MR) is 80.5 cm³/mol. The minimum atomic E-state index is -0.668. The molecule has 3 aromatic rings. The SMILES string of the molecule is Nc1nc2ccc(Cl)cc2n1-c1cc(Cl)c(F)c(Cl)c1. The van der Waals surface area contributed by atoms with Gasteiger partial charge in [0.25, 0.3) is 0 Å². The van der Waals surface area contributed by atoms with Crippen LogP contribution in [0.1, 0.15) is 0 Å². The molecule has 0 atom stereocenters. The van der Waals surface area contributed by atoms with Gasteiger partial charge < -0.3 is 5.73 Å². The number of nitrogens with two attached hydrogens (primary N) is 1. The first-order valence-corrected chi connectivity index (χ1v) is 6.69. The van der Waals surface area contributed by atoms with E-state index >= 15 is 0 Å². The average molecular weight is 331 g/mol. The third kappa shape index (κ3) is 2.10. The fourth-order valence-electron chi connectivity index (χ4n) is 2.01. The Bertz CT molecular complexity index is 806. The zero-order valence-corrected chi connectivity index (χ0v) is 12.1. The molecular formula is C13H7Cl3FN3. The lowest BCUT2D eigenvalue weighted by Gasteiger charge is -2.08. The Balaban J connectivity index is 2.34. The van der Waals surface area contributed by atoms with E-state index in [2.05, 4.69) is 4.98 Å². The molecule has 0 saturated heterocycles. The fourth-order valence-corrected chi connectivity index (χ4v) is 2.65. The van der Waals surface area contributed by atoms with Crippen LogP contribution in [0.3, 0.4) is 0 Å². The Labute approximate surface area is 128 Å². The smallest absolute Gasteiger partial charge is 0.205 e. The first-order valence-electron chi connectivity index (χ1n) is 5.56. The molecule has 0 spiro atoms. The highest BCUT2D eigenvalue weighted by atomic mass is 35.5. The first-order chi connectivity index (χ1) is 9.47. The van der Waals surface area contributed by atoms with Gasteiger partial charge in [-0.2, -0.15) is 0 Å². The van der Waals surface area contributed by atoms with Crippen molar-refractivity contribution in [1.82, 2.24) is 9.55 Å². The van der Waals surface area contributed by atoms with Crippen molar-refractivity contribution in [2.45, 2.75) is 0 Å². The third-order valence-corrected chi connectivity index (χ3v) is 3.65. The van der Waals surface area contributed by atoms with Crippen molar-refractivity contribution in [3.05, 3.63) is 51.2 Å². The molecule has 20 heavy (non-hydrogen) atoms. The van der Waals surface area contributed by atoms with Gasteiger partial charge in [0.05, 0.1) is 26.8 Å². The molecule has 0 aliphatic carbocycles. The van der Waals surface area contributed by atoms with Crippen molar-refractivity contribution in [3.8, 4) is 5.69 Å². The molecule has 0 aliphatic rings. The average Bonchev–Trinajstić information content (AvgIpc) is 2.70. The Hall–Kier alpha value is -1.49. The number of benzene rings is 2. The lowest BCUT2D eigenvalue weighted by molar-refractivity contribution is 0.628. The quantitative estimate of drug-likeness (QED) is 0.657. The summed E-state index contributed by atoms with van der Waals surface area (Å²) in [4.78, 5) is 4.21. The van der Waals surface area contributed by atoms with E-state index in [-0.39, 0.29) is 16.0 Å². The minimum absolute atomic E-state index is 0.0872. The summed E-state index contributed by atoms with van der Waals surface area (Å²) in [6.45, 7) is 0. The Morgan fingerprint density at radius 2 is 1.70 bits per heavy atom. The molecule has 0 unspecified atom stereocenters. The monoisotopic (exact) mass is 329 g/mol. The molecule has 2 aromatic carbocycles. The van der Waals surface area contributed by atoms with Crippen LogP contribution in [0, 0.1) is 5.82 Å². The van der Waals surface area contributed by atoms with Crippen molar-refractivity contribution >= 4 is 51.8 Å². The first kappa shape index (κ1) is 13.5. The molecule has 0 aliphatic heterocycles. The van der Waals surface area contributed by atoms with Gasteiger partial charge in [0.1, 0.15) is 0 Å². The molecular weight excluding hydrogens is 324 g/mol. The van der Waals surface area contributed by atoms with E-state index in [9.17, 15) is 4.39 Å². The summed E-state index contributed by atoms with van der Waals surface area (Å²) >= 11 is 17.6. The summed E-state index contributed by atoms with van der Waals surface area (Å²) in [6.07, 6.45) is 0. The molecule has 3 nitrogen and oxygen atoms in total. The molecule has 7 heteroatoms. The maximum absolute atomic E-state index is 13.5. The van der Waals surface area contributed by atoms with Gasteiger partial charge in [-0.1, -0.05) is 34.8 Å². The van der Waals surface area contributed by atoms with E-state index in [1.54, 1.807) is 22.8 Å². The summed E-state index contributed by atoms with van der Waals surface area (Å²) < 4.78 is 15.1. The van der Waals surface area contributed by atoms with Crippen LogP contribution in [-0.2, 0) is 0 Å². The Morgan fingerprint density at radius 3 is 2.35 bits per heavy atom. The lowest BCUT2D eigenvalue weighted by atomic mass is 10.2. The van der Waals surface area contributed by atoms with E-state index in [1.807, 2.05) is 0 Å². The second-order valence-electron chi connectivity index (χ2n) is 4.16. The van der Waals surface area contributed by atoms with Crippen LogP contribution in [0.25, 0.3) is 16.7 Å². The highest BCUT2D eigenvalue weighted by molar-refractivity contribution is 6.35. The van der Waals surface area contributed by atoms with Crippen LogP contribution in [0.5, 0.6) is 0 Å². The summed E-state index contributed by atoms with van der Waals surface area (Å²) in [5.74, 6) is -0.431. The van der Waals surface area contributed by atoms with Gasteiger partial charge in [0.2, 0.25) is 5.95 Å². The van der Waals surface area contributed by atoms with Crippen molar-refractivity contribution < 1.29 is 4.39 Å². The summed E-state index contributed by atoms with van der Waals surface area (Å²) in [5.41, 5.74) is 7.78. The molecule has 0 fully saturated rings. The highest BCUT2D eigenvalue weighted by Crippen LogP contribution is 2.31. The second kappa shape index (κ2) is 4.81. The normalized spacial score (nSPS) is 11.2. The van der Waals surface area contributed by atoms with Crippen molar-refractivity contribution in [3.63, 3.8) is 0 Å².